The van der Waals surface area contributed by atoms with Gasteiger partial charge in [-0.1, -0.05) is 30.3 Å². The topological polar surface area (TPSA) is 109 Å². The monoisotopic (exact) mass is 549 g/mol. The minimum absolute atomic E-state index is 0.117. The minimum atomic E-state index is -1.15. The summed E-state index contributed by atoms with van der Waals surface area (Å²) in [5, 5.41) is 3.31. The average Bonchev–Trinajstić information content (AvgIpc) is 2.95. The number of Topliss-reactive ketones (excluding diaryl/α,β-unsaturated/α-hetero) is 1. The van der Waals surface area contributed by atoms with Crippen LogP contribution < -0.4 is 19.5 Å². The van der Waals surface area contributed by atoms with Crippen LogP contribution in [0.15, 0.2) is 65.0 Å². The van der Waals surface area contributed by atoms with Gasteiger partial charge >= 0.3 is 11.9 Å². The number of hydrogen-bond donors (Lipinski definition) is 1. The van der Waals surface area contributed by atoms with E-state index >= 15 is 0 Å². The maximum absolute atomic E-state index is 14.5. The highest BCUT2D eigenvalue weighted by Gasteiger charge is 2.50. The molecule has 3 atom stereocenters. The Bertz CT molecular complexity index is 1380. The molecule has 2 aliphatic rings. The summed E-state index contributed by atoms with van der Waals surface area (Å²) in [7, 11) is 4.57. The Morgan fingerprint density at radius 2 is 1.52 bits per heavy atom. The molecule has 212 valence electrons. The van der Waals surface area contributed by atoms with Crippen molar-refractivity contribution in [2.24, 2.45) is 5.92 Å². The second kappa shape index (κ2) is 12.3. The number of para-hydroxylation sites is 2. The molecule has 1 N–H and O–H groups in total. The molecule has 1 aliphatic carbocycles. The molecule has 0 aromatic heterocycles. The summed E-state index contributed by atoms with van der Waals surface area (Å²) in [4.78, 5) is 41.4. The Kier molecular flexibility index (Phi) is 8.82. The molecule has 9 heteroatoms. The molecule has 2 aromatic carbocycles. The lowest BCUT2D eigenvalue weighted by Gasteiger charge is -2.40. The van der Waals surface area contributed by atoms with Crippen molar-refractivity contribution in [1.29, 1.82) is 0 Å². The van der Waals surface area contributed by atoms with Crippen LogP contribution in [0.5, 0.6) is 17.2 Å². The summed E-state index contributed by atoms with van der Waals surface area (Å²) in [6.07, 6.45) is 0.307. The van der Waals surface area contributed by atoms with Gasteiger partial charge in [-0.2, -0.15) is 0 Å². The fourth-order valence-electron chi connectivity index (χ4n) is 5.73. The third-order valence-corrected chi connectivity index (χ3v) is 7.34. The van der Waals surface area contributed by atoms with Gasteiger partial charge in [-0.15, -0.1) is 0 Å². The van der Waals surface area contributed by atoms with Crippen molar-refractivity contribution in [1.82, 2.24) is 5.32 Å². The Morgan fingerprint density at radius 3 is 2.17 bits per heavy atom. The molecular weight excluding hydrogens is 514 g/mol. The largest absolute Gasteiger partial charge is 0.496 e. The normalized spacial score (nSPS) is 20.4. The molecule has 0 spiro atoms. The number of carbonyl (C=O) groups excluding carboxylic acids is 3. The third kappa shape index (κ3) is 5.03. The second-order valence-corrected chi connectivity index (χ2v) is 9.44. The molecule has 0 fully saturated rings. The maximum Gasteiger partial charge on any atom is 0.336 e. The minimum Gasteiger partial charge on any atom is -0.496 e. The number of allylic oxidation sites excluding steroid dienone is 3. The molecular formula is C31H35NO8. The molecule has 0 saturated heterocycles. The van der Waals surface area contributed by atoms with Crippen molar-refractivity contribution in [3.05, 3.63) is 76.1 Å². The van der Waals surface area contributed by atoms with Gasteiger partial charge in [-0.05, 0) is 44.9 Å². The van der Waals surface area contributed by atoms with Crippen LogP contribution in [-0.2, 0) is 23.9 Å². The van der Waals surface area contributed by atoms with E-state index in [0.29, 0.717) is 46.2 Å². The molecule has 0 radical (unpaired) electrons. The van der Waals surface area contributed by atoms with Crippen molar-refractivity contribution < 1.29 is 38.1 Å². The zero-order chi connectivity index (χ0) is 29.0. The summed E-state index contributed by atoms with van der Waals surface area (Å²) in [5.74, 6) is -2.83. The van der Waals surface area contributed by atoms with E-state index in [0.717, 1.165) is 5.56 Å². The van der Waals surface area contributed by atoms with Crippen LogP contribution in [0, 0.1) is 5.92 Å². The van der Waals surface area contributed by atoms with Crippen LogP contribution >= 0.6 is 0 Å². The molecule has 40 heavy (non-hydrogen) atoms. The van der Waals surface area contributed by atoms with Gasteiger partial charge in [0.2, 0.25) is 0 Å². The number of ketones is 1. The lowest BCUT2D eigenvalue weighted by Crippen LogP contribution is -2.43. The summed E-state index contributed by atoms with van der Waals surface area (Å²) in [5.41, 5.74) is 2.99. The molecule has 2 aromatic rings. The lowest BCUT2D eigenvalue weighted by atomic mass is 9.67. The summed E-state index contributed by atoms with van der Waals surface area (Å²) in [6, 6.07) is 12.6. The van der Waals surface area contributed by atoms with E-state index in [-0.39, 0.29) is 18.8 Å². The number of carbonyl (C=O) groups is 3. The standard InChI is InChI=1S/C31H35NO8/c1-7-39-30(34)24-17(3)32-21-16-20(18-12-9-10-14-22(18)36-4)26(31(35)40-8-2)28(33)27(21)25(24)19-13-11-15-23(37-5)29(19)38-6/h9-15,20,25-26,32H,7-8,16H2,1-6H3. The summed E-state index contributed by atoms with van der Waals surface area (Å²) in [6.45, 7) is 5.46. The number of benzene rings is 2. The van der Waals surface area contributed by atoms with Gasteiger partial charge in [0.25, 0.3) is 0 Å². The van der Waals surface area contributed by atoms with Crippen LogP contribution in [-0.4, -0.2) is 52.3 Å². The van der Waals surface area contributed by atoms with Crippen molar-refractivity contribution in [2.45, 2.75) is 39.0 Å². The molecule has 3 unspecified atom stereocenters. The first-order valence-corrected chi connectivity index (χ1v) is 13.2. The van der Waals surface area contributed by atoms with Gasteiger partial charge in [0.15, 0.2) is 17.3 Å². The maximum atomic E-state index is 14.5. The first-order chi connectivity index (χ1) is 19.3. The number of esters is 2. The molecule has 1 heterocycles. The smallest absolute Gasteiger partial charge is 0.336 e. The van der Waals surface area contributed by atoms with E-state index in [4.69, 9.17) is 23.7 Å². The number of methoxy groups -OCH3 is 3. The Labute approximate surface area is 234 Å². The van der Waals surface area contributed by atoms with E-state index < -0.39 is 35.5 Å². The Balaban J connectivity index is 1.98. The highest BCUT2D eigenvalue weighted by atomic mass is 16.5. The van der Waals surface area contributed by atoms with Gasteiger partial charge in [-0.25, -0.2) is 4.79 Å². The van der Waals surface area contributed by atoms with Gasteiger partial charge < -0.3 is 29.0 Å². The second-order valence-electron chi connectivity index (χ2n) is 9.44. The summed E-state index contributed by atoms with van der Waals surface area (Å²) < 4.78 is 27.7. The first-order valence-electron chi connectivity index (χ1n) is 13.2. The molecule has 0 amide bonds. The van der Waals surface area contributed by atoms with Crippen LogP contribution in [0.1, 0.15) is 50.2 Å². The zero-order valence-electron chi connectivity index (χ0n) is 23.7. The van der Waals surface area contributed by atoms with Gasteiger partial charge in [0.1, 0.15) is 11.7 Å². The first kappa shape index (κ1) is 28.7. The molecule has 4 rings (SSSR count). The van der Waals surface area contributed by atoms with Crippen LogP contribution in [0.25, 0.3) is 0 Å². The van der Waals surface area contributed by atoms with Crippen molar-refractivity contribution in [3.8, 4) is 17.2 Å². The highest BCUT2D eigenvalue weighted by Crippen LogP contribution is 2.51. The van der Waals surface area contributed by atoms with Gasteiger partial charge in [0.05, 0.1) is 46.0 Å². The van der Waals surface area contributed by atoms with Crippen molar-refractivity contribution >= 4 is 17.7 Å². The summed E-state index contributed by atoms with van der Waals surface area (Å²) >= 11 is 0. The number of ether oxygens (including phenoxy) is 5. The number of hydrogen-bond acceptors (Lipinski definition) is 9. The van der Waals surface area contributed by atoms with Gasteiger partial charge in [-0.3, -0.25) is 9.59 Å². The zero-order valence-corrected chi connectivity index (χ0v) is 23.7. The Morgan fingerprint density at radius 1 is 0.875 bits per heavy atom. The van der Waals surface area contributed by atoms with Crippen LogP contribution in [0.3, 0.4) is 0 Å². The molecule has 1 aliphatic heterocycles. The van der Waals surface area contributed by atoms with Crippen molar-refractivity contribution in [2.75, 3.05) is 34.5 Å². The fraction of sp³-hybridized carbons (Fsp3) is 0.387. The quantitative estimate of drug-likeness (QED) is 0.359. The molecule has 0 saturated carbocycles. The van der Waals surface area contributed by atoms with E-state index in [9.17, 15) is 14.4 Å². The predicted molar refractivity (Wildman–Crippen MR) is 147 cm³/mol. The third-order valence-electron chi connectivity index (χ3n) is 7.34. The molecule has 9 nitrogen and oxygen atoms in total. The van der Waals surface area contributed by atoms with E-state index in [1.54, 1.807) is 52.1 Å². The van der Waals surface area contributed by atoms with E-state index in [2.05, 4.69) is 5.32 Å². The van der Waals surface area contributed by atoms with Gasteiger partial charge in [0, 0.05) is 28.4 Å². The highest BCUT2D eigenvalue weighted by molar-refractivity contribution is 6.13. The fourth-order valence-corrected chi connectivity index (χ4v) is 5.73. The lowest BCUT2D eigenvalue weighted by molar-refractivity contribution is -0.152. The average molecular weight is 550 g/mol. The number of dihydropyridines is 1. The Hall–Kier alpha value is -4.27. The van der Waals surface area contributed by atoms with Crippen LogP contribution in [0.2, 0.25) is 0 Å². The van der Waals surface area contributed by atoms with Crippen LogP contribution in [0.4, 0.5) is 0 Å². The van der Waals surface area contributed by atoms with E-state index in [1.807, 2.05) is 18.2 Å². The molecule has 0 bridgehead atoms. The number of nitrogens with one attached hydrogen (secondary N) is 1. The SMILES string of the molecule is CCOC(=O)C1=C(C)NC2=C(C(=O)C(C(=O)OCC)C(c3ccccc3OC)C2)C1c1cccc(OC)c1OC. The van der Waals surface area contributed by atoms with Crippen molar-refractivity contribution in [3.63, 3.8) is 0 Å². The number of rotatable bonds is 9. The predicted octanol–water partition coefficient (Wildman–Crippen LogP) is 4.43. The van der Waals surface area contributed by atoms with E-state index in [1.165, 1.54) is 14.2 Å².